The summed E-state index contributed by atoms with van der Waals surface area (Å²) >= 11 is 5.04. The zero-order chi connectivity index (χ0) is 15.0. The third kappa shape index (κ3) is 2.46. The van der Waals surface area contributed by atoms with Crippen LogP contribution < -0.4 is 0 Å². The first-order chi connectivity index (χ1) is 10.1. The molecule has 0 saturated heterocycles. The van der Waals surface area contributed by atoms with Crippen molar-refractivity contribution in [1.82, 2.24) is 4.98 Å². The number of aromatic nitrogens is 1. The van der Waals surface area contributed by atoms with Crippen LogP contribution in [0.5, 0.6) is 0 Å². The minimum atomic E-state index is -0.0899. The van der Waals surface area contributed by atoms with Crippen molar-refractivity contribution >= 4 is 37.5 Å². The normalized spacial score (nSPS) is 10.8. The Labute approximate surface area is 134 Å². The molecule has 3 rings (SSSR count). The highest BCUT2D eigenvalue weighted by Gasteiger charge is 2.13. The maximum absolute atomic E-state index is 9.28. The van der Waals surface area contributed by atoms with Gasteiger partial charge in [-0.15, -0.1) is 11.3 Å². The number of aliphatic hydroxyl groups is 1. The Morgan fingerprint density at radius 1 is 1.38 bits per heavy atom. The van der Waals surface area contributed by atoms with Gasteiger partial charge in [-0.1, -0.05) is 28.1 Å². The summed E-state index contributed by atoms with van der Waals surface area (Å²) in [4.78, 5) is 4.64. The standard InChI is InChI=1S/C16H11BrN2OS/c1-9-12(3-2-4-13(9)17)16-19-14-6-10(8-20)5-11(7-18)15(14)21-16/h2-6,20H,8H2,1H3. The van der Waals surface area contributed by atoms with Gasteiger partial charge < -0.3 is 5.11 Å². The van der Waals surface area contributed by atoms with Crippen molar-refractivity contribution in [3.8, 4) is 16.6 Å². The van der Waals surface area contributed by atoms with E-state index in [-0.39, 0.29) is 6.61 Å². The summed E-state index contributed by atoms with van der Waals surface area (Å²) in [5, 5.41) is 19.4. The van der Waals surface area contributed by atoms with Crippen LogP contribution in [0, 0.1) is 18.3 Å². The molecule has 0 atom stereocenters. The number of halogens is 1. The predicted molar refractivity (Wildman–Crippen MR) is 88.1 cm³/mol. The number of hydrogen-bond donors (Lipinski definition) is 1. The van der Waals surface area contributed by atoms with Crippen molar-refractivity contribution in [3.05, 3.63) is 51.5 Å². The molecule has 0 aliphatic carbocycles. The number of benzene rings is 2. The smallest absolute Gasteiger partial charge is 0.124 e. The van der Waals surface area contributed by atoms with E-state index < -0.39 is 0 Å². The number of thiazole rings is 1. The molecule has 0 aliphatic rings. The maximum Gasteiger partial charge on any atom is 0.124 e. The first kappa shape index (κ1) is 14.2. The number of hydrogen-bond acceptors (Lipinski definition) is 4. The topological polar surface area (TPSA) is 56.9 Å². The van der Waals surface area contributed by atoms with Crippen LogP contribution in [0.25, 0.3) is 20.8 Å². The van der Waals surface area contributed by atoms with E-state index >= 15 is 0 Å². The van der Waals surface area contributed by atoms with E-state index in [2.05, 4.69) is 27.0 Å². The first-order valence-electron chi connectivity index (χ1n) is 6.34. The fraction of sp³-hybridized carbons (Fsp3) is 0.125. The van der Waals surface area contributed by atoms with Crippen LogP contribution in [-0.4, -0.2) is 10.1 Å². The van der Waals surface area contributed by atoms with Gasteiger partial charge in [-0.2, -0.15) is 5.26 Å². The fourth-order valence-corrected chi connectivity index (χ4v) is 3.68. The van der Waals surface area contributed by atoms with Crippen molar-refractivity contribution in [2.75, 3.05) is 0 Å². The Morgan fingerprint density at radius 3 is 2.90 bits per heavy atom. The zero-order valence-electron chi connectivity index (χ0n) is 11.2. The van der Waals surface area contributed by atoms with Crippen LogP contribution in [0.1, 0.15) is 16.7 Å². The van der Waals surface area contributed by atoms with Crippen molar-refractivity contribution in [2.45, 2.75) is 13.5 Å². The Balaban J connectivity index is 2.26. The van der Waals surface area contributed by atoms with Crippen molar-refractivity contribution in [2.24, 2.45) is 0 Å². The minimum absolute atomic E-state index is 0.0899. The Morgan fingerprint density at radius 2 is 2.19 bits per heavy atom. The number of aliphatic hydroxyl groups excluding tert-OH is 1. The first-order valence-corrected chi connectivity index (χ1v) is 7.95. The minimum Gasteiger partial charge on any atom is -0.392 e. The molecule has 1 N–H and O–H groups in total. The van der Waals surface area contributed by atoms with E-state index in [1.165, 1.54) is 11.3 Å². The molecule has 0 saturated carbocycles. The Kier molecular flexibility index (Phi) is 3.77. The summed E-state index contributed by atoms with van der Waals surface area (Å²) in [5.41, 5.74) is 4.21. The molecule has 0 aliphatic heterocycles. The molecule has 2 aromatic carbocycles. The van der Waals surface area contributed by atoms with Gasteiger partial charge in [-0.25, -0.2) is 4.98 Å². The van der Waals surface area contributed by atoms with E-state index in [0.29, 0.717) is 11.1 Å². The quantitative estimate of drug-likeness (QED) is 0.738. The van der Waals surface area contributed by atoms with Crippen molar-refractivity contribution in [1.29, 1.82) is 5.26 Å². The van der Waals surface area contributed by atoms with Crippen LogP contribution >= 0.6 is 27.3 Å². The summed E-state index contributed by atoms with van der Waals surface area (Å²) < 4.78 is 1.90. The van der Waals surface area contributed by atoms with Crippen LogP contribution in [0.2, 0.25) is 0 Å². The van der Waals surface area contributed by atoms with Gasteiger partial charge in [0.2, 0.25) is 0 Å². The maximum atomic E-state index is 9.28. The van der Waals surface area contributed by atoms with Gasteiger partial charge in [-0.05, 0) is 36.2 Å². The average molecular weight is 359 g/mol. The molecule has 21 heavy (non-hydrogen) atoms. The molecule has 0 fully saturated rings. The molecule has 3 aromatic rings. The second-order valence-electron chi connectivity index (χ2n) is 4.69. The third-order valence-electron chi connectivity index (χ3n) is 3.35. The molecular formula is C16H11BrN2OS. The van der Waals surface area contributed by atoms with E-state index in [0.717, 1.165) is 30.8 Å². The van der Waals surface area contributed by atoms with Gasteiger partial charge in [0.1, 0.15) is 11.1 Å². The highest BCUT2D eigenvalue weighted by molar-refractivity contribution is 9.10. The SMILES string of the molecule is Cc1c(Br)cccc1-c1nc2cc(CO)cc(C#N)c2s1. The Bertz CT molecular complexity index is 880. The molecule has 5 heteroatoms. The summed E-state index contributed by atoms with van der Waals surface area (Å²) in [6.07, 6.45) is 0. The van der Waals surface area contributed by atoms with E-state index in [4.69, 9.17) is 0 Å². The van der Waals surface area contributed by atoms with Crippen LogP contribution in [0.3, 0.4) is 0 Å². The summed E-state index contributed by atoms with van der Waals surface area (Å²) in [6, 6.07) is 11.7. The predicted octanol–water partition coefficient (Wildman–Crippen LogP) is 4.40. The van der Waals surface area contributed by atoms with Crippen LogP contribution in [-0.2, 0) is 6.61 Å². The number of rotatable bonds is 2. The average Bonchev–Trinajstić information content (AvgIpc) is 2.92. The molecule has 0 spiro atoms. The molecule has 0 bridgehead atoms. The molecule has 1 aromatic heterocycles. The largest absolute Gasteiger partial charge is 0.392 e. The summed E-state index contributed by atoms with van der Waals surface area (Å²) in [5.74, 6) is 0. The molecule has 1 heterocycles. The van der Waals surface area contributed by atoms with Crippen molar-refractivity contribution in [3.63, 3.8) is 0 Å². The zero-order valence-corrected chi connectivity index (χ0v) is 13.6. The summed E-state index contributed by atoms with van der Waals surface area (Å²) in [6.45, 7) is 1.95. The van der Waals surface area contributed by atoms with Gasteiger partial charge in [0.15, 0.2) is 0 Å². The lowest BCUT2D eigenvalue weighted by atomic mass is 10.1. The van der Waals surface area contributed by atoms with Gasteiger partial charge in [0.25, 0.3) is 0 Å². The number of nitrogens with zero attached hydrogens (tertiary/aromatic N) is 2. The second-order valence-corrected chi connectivity index (χ2v) is 6.55. The lowest BCUT2D eigenvalue weighted by Crippen LogP contribution is -1.86. The third-order valence-corrected chi connectivity index (χ3v) is 5.35. The van der Waals surface area contributed by atoms with Gasteiger partial charge >= 0.3 is 0 Å². The van der Waals surface area contributed by atoms with E-state index in [1.807, 2.05) is 31.2 Å². The molecule has 0 amide bonds. The van der Waals surface area contributed by atoms with Crippen LogP contribution in [0.15, 0.2) is 34.8 Å². The van der Waals surface area contributed by atoms with Crippen LogP contribution in [0.4, 0.5) is 0 Å². The second kappa shape index (κ2) is 5.57. The molecular weight excluding hydrogens is 348 g/mol. The van der Waals surface area contributed by atoms with E-state index in [9.17, 15) is 10.4 Å². The summed E-state index contributed by atoms with van der Waals surface area (Å²) in [7, 11) is 0. The molecule has 0 unspecified atom stereocenters. The van der Waals surface area contributed by atoms with Gasteiger partial charge in [0.05, 0.1) is 22.4 Å². The van der Waals surface area contributed by atoms with Gasteiger partial charge in [0, 0.05) is 10.0 Å². The molecule has 3 nitrogen and oxygen atoms in total. The highest BCUT2D eigenvalue weighted by atomic mass is 79.9. The van der Waals surface area contributed by atoms with Crippen molar-refractivity contribution < 1.29 is 5.11 Å². The van der Waals surface area contributed by atoms with E-state index in [1.54, 1.807) is 6.07 Å². The highest BCUT2D eigenvalue weighted by Crippen LogP contribution is 2.36. The lowest BCUT2D eigenvalue weighted by Gasteiger charge is -2.03. The van der Waals surface area contributed by atoms with Gasteiger partial charge in [-0.3, -0.25) is 0 Å². The lowest BCUT2D eigenvalue weighted by molar-refractivity contribution is 0.282. The fourth-order valence-electron chi connectivity index (χ4n) is 2.22. The monoisotopic (exact) mass is 358 g/mol. The Hall–Kier alpha value is -1.74. The molecule has 0 radical (unpaired) electrons. The molecule has 104 valence electrons. The number of fused-ring (bicyclic) bond motifs is 1. The number of nitriles is 1.